The molecule has 14 heteroatoms. The van der Waals surface area contributed by atoms with Gasteiger partial charge in [0.1, 0.15) is 0 Å². The molecule has 4 amide bonds. The van der Waals surface area contributed by atoms with Crippen molar-refractivity contribution in [3.05, 3.63) is 130 Å². The summed E-state index contributed by atoms with van der Waals surface area (Å²) in [6, 6.07) is 25.9. The SMILES string of the molecule is CN(C)C1(Cc2cccc(Cl)c2)CCC(NC(=O)CCC(=O)NCc2ccccn2)CC1.CN(Cc1cccnc1)C(=O)CCC(=O)NC1CCC(Cc2ccc(Cl)cc2)(N(C)C)CC1. The van der Waals surface area contributed by atoms with Crippen molar-refractivity contribution in [3.8, 4) is 0 Å². The molecule has 2 fully saturated rings. The van der Waals surface area contributed by atoms with E-state index in [0.29, 0.717) is 13.1 Å². The highest BCUT2D eigenvalue weighted by molar-refractivity contribution is 6.30. The lowest BCUT2D eigenvalue weighted by molar-refractivity contribution is -0.133. The molecule has 3 N–H and O–H groups in total. The summed E-state index contributed by atoms with van der Waals surface area (Å²) in [5.74, 6) is -0.275. The molecule has 0 radical (unpaired) electrons. The first-order chi connectivity index (χ1) is 31.1. The van der Waals surface area contributed by atoms with Crippen molar-refractivity contribution in [2.24, 2.45) is 0 Å². The number of halogens is 2. The van der Waals surface area contributed by atoms with Crippen LogP contribution in [0.3, 0.4) is 0 Å². The molecule has 12 nitrogen and oxygen atoms in total. The Kier molecular flexibility index (Phi) is 19.8. The minimum absolute atomic E-state index is 0.0350. The zero-order valence-corrected chi connectivity index (χ0v) is 40.3. The molecule has 0 unspecified atom stereocenters. The zero-order chi connectivity index (χ0) is 46.8. The minimum Gasteiger partial charge on any atom is -0.353 e. The lowest BCUT2D eigenvalue weighted by Crippen LogP contribution is -2.52. The quantitative estimate of drug-likeness (QED) is 0.0919. The Bertz CT molecular complexity index is 2110. The van der Waals surface area contributed by atoms with E-state index >= 15 is 0 Å². The van der Waals surface area contributed by atoms with Crippen LogP contribution in [0.4, 0.5) is 0 Å². The number of nitrogens with zero attached hydrogens (tertiary/aromatic N) is 5. The Labute approximate surface area is 396 Å². The van der Waals surface area contributed by atoms with E-state index in [1.54, 1.807) is 30.5 Å². The Hall–Kier alpha value is -4.88. The average Bonchev–Trinajstić information content (AvgIpc) is 3.29. The van der Waals surface area contributed by atoms with Gasteiger partial charge < -0.3 is 30.7 Å². The number of likely N-dealkylation sites (N-methyl/N-ethyl adjacent to an activating group) is 2. The van der Waals surface area contributed by atoms with Crippen molar-refractivity contribution >= 4 is 46.8 Å². The molecule has 0 saturated heterocycles. The van der Waals surface area contributed by atoms with Crippen molar-refractivity contribution in [1.29, 1.82) is 0 Å². The fraction of sp³-hybridized carbons (Fsp3) is 0.490. The third-order valence-electron chi connectivity index (χ3n) is 13.2. The zero-order valence-electron chi connectivity index (χ0n) is 38.8. The normalized spacial score (nSPS) is 20.6. The van der Waals surface area contributed by atoms with Crippen LogP contribution < -0.4 is 16.0 Å². The summed E-state index contributed by atoms with van der Waals surface area (Å²) < 4.78 is 0. The van der Waals surface area contributed by atoms with Crippen LogP contribution in [0.5, 0.6) is 0 Å². The van der Waals surface area contributed by atoms with E-state index in [4.69, 9.17) is 23.2 Å². The van der Waals surface area contributed by atoms with Gasteiger partial charge in [-0.2, -0.15) is 0 Å². The van der Waals surface area contributed by atoms with Crippen LogP contribution in [0.2, 0.25) is 10.0 Å². The van der Waals surface area contributed by atoms with Gasteiger partial charge in [0.15, 0.2) is 0 Å². The summed E-state index contributed by atoms with van der Waals surface area (Å²) in [7, 11) is 10.3. The number of hydrogen-bond donors (Lipinski definition) is 3. The average molecular weight is 928 g/mol. The fourth-order valence-electron chi connectivity index (χ4n) is 9.04. The van der Waals surface area contributed by atoms with Crippen molar-refractivity contribution < 1.29 is 19.2 Å². The van der Waals surface area contributed by atoms with Crippen LogP contribution >= 0.6 is 23.2 Å². The summed E-state index contributed by atoms with van der Waals surface area (Å²) in [5.41, 5.74) is 4.45. The molecule has 2 heterocycles. The molecule has 2 aliphatic rings. The second kappa shape index (κ2) is 25.1. The van der Waals surface area contributed by atoms with Crippen LogP contribution in [0, 0.1) is 0 Å². The number of amides is 4. The maximum Gasteiger partial charge on any atom is 0.223 e. The highest BCUT2D eigenvalue weighted by Gasteiger charge is 2.39. The van der Waals surface area contributed by atoms with Gasteiger partial charge in [-0.25, -0.2) is 0 Å². The Morgan fingerprint density at radius 3 is 1.72 bits per heavy atom. The van der Waals surface area contributed by atoms with Gasteiger partial charge in [-0.1, -0.05) is 59.6 Å². The first kappa shape index (κ1) is 51.1. The van der Waals surface area contributed by atoms with E-state index < -0.39 is 0 Å². The molecule has 65 heavy (non-hydrogen) atoms. The predicted octanol–water partition coefficient (Wildman–Crippen LogP) is 7.81. The van der Waals surface area contributed by atoms with E-state index in [1.165, 1.54) is 11.1 Å². The van der Waals surface area contributed by atoms with Gasteiger partial charge in [0.05, 0.1) is 12.2 Å². The van der Waals surface area contributed by atoms with Crippen LogP contribution in [-0.2, 0) is 45.1 Å². The Morgan fingerprint density at radius 1 is 0.615 bits per heavy atom. The van der Waals surface area contributed by atoms with Gasteiger partial charge in [0.25, 0.3) is 0 Å². The van der Waals surface area contributed by atoms with E-state index in [-0.39, 0.29) is 72.5 Å². The second-order valence-electron chi connectivity index (χ2n) is 18.2. The highest BCUT2D eigenvalue weighted by atomic mass is 35.5. The van der Waals surface area contributed by atoms with Crippen LogP contribution in [0.15, 0.2) is 97.5 Å². The van der Waals surface area contributed by atoms with Gasteiger partial charge in [-0.15, -0.1) is 0 Å². The molecule has 2 aliphatic carbocycles. The molecule has 2 saturated carbocycles. The summed E-state index contributed by atoms with van der Waals surface area (Å²) in [5, 5.41) is 10.6. The molecule has 0 bridgehead atoms. The first-order valence-electron chi connectivity index (χ1n) is 22.9. The number of carbonyl (C=O) groups is 4. The molecule has 6 rings (SSSR count). The van der Waals surface area contributed by atoms with E-state index in [1.807, 2.05) is 60.7 Å². The smallest absolute Gasteiger partial charge is 0.223 e. The molecule has 2 aromatic carbocycles. The van der Waals surface area contributed by atoms with E-state index in [0.717, 1.165) is 85.5 Å². The molecule has 4 aromatic rings. The first-order valence-corrected chi connectivity index (χ1v) is 23.6. The summed E-state index contributed by atoms with van der Waals surface area (Å²) >= 11 is 12.2. The number of benzene rings is 2. The molecule has 0 atom stereocenters. The van der Waals surface area contributed by atoms with Crippen molar-refractivity contribution in [3.63, 3.8) is 0 Å². The van der Waals surface area contributed by atoms with Gasteiger partial charge in [0, 0.05) is 91.1 Å². The molecular weight excluding hydrogens is 860 g/mol. The summed E-state index contributed by atoms with van der Waals surface area (Å²) in [6.45, 7) is 0.875. The largest absolute Gasteiger partial charge is 0.353 e. The standard InChI is InChI=1S/C26H35ClN4O2.C25H33ClN4O2/c1-30(2)26(17-20-6-8-22(27)9-7-20)14-12-23(13-15-26)29-24(32)10-11-25(33)31(3)19-21-5-4-16-28-18-21;1-30(2)25(17-19-6-5-7-20(26)16-19)13-11-21(12-14-25)29-24(32)10-9-23(31)28-18-22-8-3-4-15-27-22/h4-9,16,18,23H,10-15,17,19H2,1-3H3,(H,29,32);3-8,15-16,21H,9-14,17-18H2,1-2H3,(H,28,31)(H,29,32). The molecule has 0 spiro atoms. The van der Waals surface area contributed by atoms with Crippen LogP contribution in [0.1, 0.15) is 99.4 Å². The van der Waals surface area contributed by atoms with Crippen molar-refractivity contribution in [2.75, 3.05) is 35.2 Å². The maximum absolute atomic E-state index is 12.5. The van der Waals surface area contributed by atoms with E-state index in [2.05, 4.69) is 82.1 Å². The number of hydrogen-bond acceptors (Lipinski definition) is 8. The third-order valence-corrected chi connectivity index (χ3v) is 13.7. The van der Waals surface area contributed by atoms with Crippen molar-refractivity contribution in [2.45, 2.75) is 126 Å². The summed E-state index contributed by atoms with van der Waals surface area (Å²) in [4.78, 5) is 63.9. The minimum atomic E-state index is -0.136. The fourth-order valence-corrected chi connectivity index (χ4v) is 9.38. The lowest BCUT2D eigenvalue weighted by atomic mass is 9.75. The lowest BCUT2D eigenvalue weighted by Gasteiger charge is -2.45. The predicted molar refractivity (Wildman–Crippen MR) is 259 cm³/mol. The van der Waals surface area contributed by atoms with Gasteiger partial charge in [0.2, 0.25) is 23.6 Å². The van der Waals surface area contributed by atoms with E-state index in [9.17, 15) is 19.2 Å². The van der Waals surface area contributed by atoms with Gasteiger partial charge >= 0.3 is 0 Å². The molecule has 0 aliphatic heterocycles. The Morgan fingerprint density at radius 2 is 1.18 bits per heavy atom. The van der Waals surface area contributed by atoms with Crippen LogP contribution in [0.25, 0.3) is 0 Å². The van der Waals surface area contributed by atoms with Crippen molar-refractivity contribution in [1.82, 2.24) is 40.6 Å². The maximum atomic E-state index is 12.5. The second-order valence-corrected chi connectivity index (χ2v) is 19.1. The number of pyridine rings is 2. The number of carbonyl (C=O) groups excluding carboxylic acids is 4. The molecule has 350 valence electrons. The number of nitrogens with one attached hydrogen (secondary N) is 3. The topological polar surface area (TPSA) is 140 Å². The Balaban J connectivity index is 0.000000244. The van der Waals surface area contributed by atoms with Crippen LogP contribution in [-0.4, -0.2) is 107 Å². The van der Waals surface area contributed by atoms with Gasteiger partial charge in [-0.3, -0.25) is 29.1 Å². The number of rotatable bonds is 18. The number of aromatic nitrogens is 2. The molecule has 2 aromatic heterocycles. The third kappa shape index (κ3) is 16.5. The molecular formula is C51H68Cl2N8O4. The highest BCUT2D eigenvalue weighted by Crippen LogP contribution is 2.37. The monoisotopic (exact) mass is 926 g/mol. The summed E-state index contributed by atoms with van der Waals surface area (Å²) in [6.07, 6.45) is 15.6. The van der Waals surface area contributed by atoms with Gasteiger partial charge in [-0.05, 0) is 152 Å².